The normalized spacial score (nSPS) is 12.1. The van der Waals surface area contributed by atoms with Crippen molar-refractivity contribution in [3.63, 3.8) is 0 Å². The zero-order valence-corrected chi connectivity index (χ0v) is 13.4. The molecule has 0 aliphatic heterocycles. The molecule has 0 bridgehead atoms. The summed E-state index contributed by atoms with van der Waals surface area (Å²) in [6.45, 7) is 6.25. The molecule has 0 saturated carbocycles. The molecule has 0 amide bonds. The Morgan fingerprint density at radius 2 is 1.43 bits per heavy atom. The van der Waals surface area contributed by atoms with Crippen LogP contribution in [0.25, 0.3) is 0 Å². The van der Waals surface area contributed by atoms with Crippen molar-refractivity contribution in [2.75, 3.05) is 14.2 Å². The molecule has 21 heavy (non-hydrogen) atoms. The van der Waals surface area contributed by atoms with Crippen LogP contribution >= 0.6 is 0 Å². The molecule has 2 aromatic carbocycles. The highest BCUT2D eigenvalue weighted by Crippen LogP contribution is 2.34. The van der Waals surface area contributed by atoms with Crippen LogP contribution in [0.15, 0.2) is 30.3 Å². The largest absolute Gasteiger partial charge is 0.493 e. The lowest BCUT2D eigenvalue weighted by Crippen LogP contribution is -2.14. The van der Waals surface area contributed by atoms with E-state index in [0.29, 0.717) is 5.75 Å². The van der Waals surface area contributed by atoms with Crippen LogP contribution < -0.4 is 15.2 Å². The third-order valence-corrected chi connectivity index (χ3v) is 4.00. The van der Waals surface area contributed by atoms with Crippen molar-refractivity contribution in [2.45, 2.75) is 26.8 Å². The van der Waals surface area contributed by atoms with Crippen LogP contribution in [0.2, 0.25) is 0 Å². The van der Waals surface area contributed by atoms with Gasteiger partial charge in [-0.2, -0.15) is 0 Å². The van der Waals surface area contributed by atoms with Gasteiger partial charge in [0.05, 0.1) is 20.3 Å². The summed E-state index contributed by atoms with van der Waals surface area (Å²) in [5.74, 6) is 1.43. The summed E-state index contributed by atoms with van der Waals surface area (Å²) >= 11 is 0. The zero-order chi connectivity index (χ0) is 15.6. The van der Waals surface area contributed by atoms with Crippen LogP contribution in [0.1, 0.15) is 33.9 Å². The summed E-state index contributed by atoms with van der Waals surface area (Å²) < 4.78 is 10.7. The van der Waals surface area contributed by atoms with E-state index >= 15 is 0 Å². The van der Waals surface area contributed by atoms with Gasteiger partial charge >= 0.3 is 0 Å². The Balaban J connectivity index is 2.47. The Bertz CT molecular complexity index is 650. The van der Waals surface area contributed by atoms with Gasteiger partial charge in [-0.3, -0.25) is 0 Å². The molecule has 0 aromatic heterocycles. The molecule has 0 aliphatic carbocycles. The minimum Gasteiger partial charge on any atom is -0.493 e. The Kier molecular flexibility index (Phi) is 4.53. The van der Waals surface area contributed by atoms with Gasteiger partial charge in [-0.15, -0.1) is 0 Å². The van der Waals surface area contributed by atoms with Crippen molar-refractivity contribution in [1.82, 2.24) is 0 Å². The second-order valence-electron chi connectivity index (χ2n) is 5.39. The van der Waals surface area contributed by atoms with Crippen molar-refractivity contribution >= 4 is 0 Å². The third kappa shape index (κ3) is 3.03. The topological polar surface area (TPSA) is 44.5 Å². The first-order valence-electron chi connectivity index (χ1n) is 7.03. The van der Waals surface area contributed by atoms with Crippen LogP contribution in [0.3, 0.4) is 0 Å². The fourth-order valence-corrected chi connectivity index (χ4v) is 2.47. The lowest BCUT2D eigenvalue weighted by Gasteiger charge is -2.19. The molecule has 1 unspecified atom stereocenters. The molecule has 2 rings (SSSR count). The Morgan fingerprint density at radius 1 is 0.810 bits per heavy atom. The molecule has 1 atom stereocenters. The van der Waals surface area contributed by atoms with Gasteiger partial charge in [0.15, 0.2) is 11.5 Å². The van der Waals surface area contributed by atoms with Crippen LogP contribution in [-0.4, -0.2) is 14.2 Å². The summed E-state index contributed by atoms with van der Waals surface area (Å²) in [7, 11) is 3.28. The van der Waals surface area contributed by atoms with E-state index in [0.717, 1.165) is 22.4 Å². The maximum absolute atomic E-state index is 6.45. The summed E-state index contributed by atoms with van der Waals surface area (Å²) in [6, 6.07) is 10.1. The molecule has 0 fully saturated rings. The number of ether oxygens (including phenoxy) is 2. The smallest absolute Gasteiger partial charge is 0.161 e. The molecule has 2 N–H and O–H groups in total. The number of aryl methyl sites for hydroxylation is 3. The molecular weight excluding hydrogens is 262 g/mol. The van der Waals surface area contributed by atoms with Crippen LogP contribution in [0.4, 0.5) is 0 Å². The zero-order valence-electron chi connectivity index (χ0n) is 13.4. The van der Waals surface area contributed by atoms with Gasteiger partial charge in [-0.1, -0.05) is 18.2 Å². The van der Waals surface area contributed by atoms with Gasteiger partial charge in [0.2, 0.25) is 0 Å². The highest BCUT2D eigenvalue weighted by Gasteiger charge is 2.16. The molecular formula is C18H23NO2. The van der Waals surface area contributed by atoms with Gasteiger partial charge in [0.1, 0.15) is 0 Å². The highest BCUT2D eigenvalue weighted by molar-refractivity contribution is 5.50. The summed E-state index contributed by atoms with van der Waals surface area (Å²) in [4.78, 5) is 0. The fourth-order valence-electron chi connectivity index (χ4n) is 2.47. The van der Waals surface area contributed by atoms with Crippen molar-refractivity contribution in [2.24, 2.45) is 5.73 Å². The lowest BCUT2D eigenvalue weighted by molar-refractivity contribution is 0.354. The summed E-state index contributed by atoms with van der Waals surface area (Å²) in [5, 5.41) is 0. The Morgan fingerprint density at radius 3 is 2.00 bits per heavy atom. The second kappa shape index (κ2) is 6.19. The molecule has 3 nitrogen and oxygen atoms in total. The van der Waals surface area contributed by atoms with E-state index in [1.165, 1.54) is 11.1 Å². The van der Waals surface area contributed by atoms with Gasteiger partial charge in [0, 0.05) is 0 Å². The van der Waals surface area contributed by atoms with E-state index in [2.05, 4.69) is 32.0 Å². The van der Waals surface area contributed by atoms with Crippen LogP contribution in [-0.2, 0) is 0 Å². The quantitative estimate of drug-likeness (QED) is 0.932. The molecule has 0 saturated heterocycles. The average Bonchev–Trinajstić information content (AvgIpc) is 2.49. The van der Waals surface area contributed by atoms with E-state index in [-0.39, 0.29) is 6.04 Å². The van der Waals surface area contributed by atoms with Gasteiger partial charge in [-0.05, 0) is 60.7 Å². The standard InChI is InChI=1S/C18H23NO2/c1-11-6-7-14(8-12(11)2)18(19)15-10-17(21-5)16(20-4)9-13(15)3/h6-10,18H,19H2,1-5H3. The predicted octanol–water partition coefficient (Wildman–Crippen LogP) is 3.68. The molecule has 0 radical (unpaired) electrons. The fraction of sp³-hybridized carbons (Fsp3) is 0.333. The molecule has 3 heteroatoms. The van der Waals surface area contributed by atoms with E-state index in [1.807, 2.05) is 19.1 Å². The maximum atomic E-state index is 6.45. The molecule has 0 aliphatic rings. The monoisotopic (exact) mass is 285 g/mol. The first-order chi connectivity index (χ1) is 9.97. The van der Waals surface area contributed by atoms with Crippen molar-refractivity contribution in [1.29, 1.82) is 0 Å². The Labute approximate surface area is 126 Å². The minimum absolute atomic E-state index is 0.177. The molecule has 2 aromatic rings. The maximum Gasteiger partial charge on any atom is 0.161 e. The van der Waals surface area contributed by atoms with Gasteiger partial charge < -0.3 is 15.2 Å². The van der Waals surface area contributed by atoms with Crippen LogP contribution in [0, 0.1) is 20.8 Å². The lowest BCUT2D eigenvalue weighted by atomic mass is 9.93. The first-order valence-corrected chi connectivity index (χ1v) is 7.03. The van der Waals surface area contributed by atoms with Gasteiger partial charge in [0.25, 0.3) is 0 Å². The Hall–Kier alpha value is -2.00. The number of methoxy groups -OCH3 is 2. The predicted molar refractivity (Wildman–Crippen MR) is 86.2 cm³/mol. The number of hydrogen-bond donors (Lipinski definition) is 1. The SMILES string of the molecule is COc1cc(C)c(C(N)c2ccc(C)c(C)c2)cc1OC. The van der Waals surface area contributed by atoms with E-state index in [9.17, 15) is 0 Å². The van der Waals surface area contributed by atoms with Crippen molar-refractivity contribution in [3.8, 4) is 11.5 Å². The molecule has 0 spiro atoms. The van der Waals surface area contributed by atoms with Gasteiger partial charge in [-0.25, -0.2) is 0 Å². The van der Waals surface area contributed by atoms with Crippen molar-refractivity contribution < 1.29 is 9.47 Å². The van der Waals surface area contributed by atoms with Crippen LogP contribution in [0.5, 0.6) is 11.5 Å². The van der Waals surface area contributed by atoms with E-state index < -0.39 is 0 Å². The summed E-state index contributed by atoms with van der Waals surface area (Å²) in [6.07, 6.45) is 0. The van der Waals surface area contributed by atoms with Crippen molar-refractivity contribution in [3.05, 3.63) is 58.1 Å². The first kappa shape index (κ1) is 15.4. The highest BCUT2D eigenvalue weighted by atomic mass is 16.5. The summed E-state index contributed by atoms with van der Waals surface area (Å²) in [5.41, 5.74) is 12.2. The minimum atomic E-state index is -0.177. The van der Waals surface area contributed by atoms with E-state index in [1.54, 1.807) is 14.2 Å². The second-order valence-corrected chi connectivity index (χ2v) is 5.39. The molecule has 112 valence electrons. The molecule has 0 heterocycles. The third-order valence-electron chi connectivity index (χ3n) is 4.00. The number of hydrogen-bond acceptors (Lipinski definition) is 3. The number of rotatable bonds is 4. The van der Waals surface area contributed by atoms with E-state index in [4.69, 9.17) is 15.2 Å². The number of benzene rings is 2. The number of nitrogens with two attached hydrogens (primary N) is 1. The average molecular weight is 285 g/mol.